The van der Waals surface area contributed by atoms with Crippen LogP contribution in [0.5, 0.6) is 11.5 Å². The monoisotopic (exact) mass is 817 g/mol. The van der Waals surface area contributed by atoms with Gasteiger partial charge in [-0.2, -0.15) is 0 Å². The van der Waals surface area contributed by atoms with Gasteiger partial charge in [-0.1, -0.05) is 17.8 Å². The number of carbonyl (C=O) groups is 5. The average molecular weight is 819 g/mol. The van der Waals surface area contributed by atoms with Crippen molar-refractivity contribution >= 4 is 79.9 Å². The van der Waals surface area contributed by atoms with Crippen molar-refractivity contribution in [2.45, 2.75) is 74.1 Å². The molecule has 2 saturated heterocycles. The first-order valence-electron chi connectivity index (χ1n) is 17.7. The number of ether oxygens (including phenoxy) is 2. The molecule has 4 aromatic rings. The molecular weight excluding hydrogens is 782 g/mol. The van der Waals surface area contributed by atoms with Crippen LogP contribution >= 0.6 is 27.7 Å². The third-order valence-corrected chi connectivity index (χ3v) is 12.3. The number of nitrogens with one attached hydrogen (secondary N) is 2. The van der Waals surface area contributed by atoms with Gasteiger partial charge in [-0.3, -0.25) is 29.3 Å². The standard InChI is InChI=1S/C36H36BrN9O7S/c37-22-14-25-26(53-18-52-25)15-27(22)54-36-43-31-32(38)39-17-40-33(31)45(36)13-10-19-8-11-44(12-9-19)30(49)7-6-28(47)41-23-3-1-2-20-21(23)16-46(35(20)51)24-4-5-29(48)42-34(24)50/h1-3,14-15,17,19,24H,4-13,16,18H2,(H,41,47)(H2,38,39,40)(H,42,48,50). The molecule has 16 nitrogen and oxygen atoms in total. The molecule has 1 unspecified atom stereocenters. The highest BCUT2D eigenvalue weighted by atomic mass is 79.9. The van der Waals surface area contributed by atoms with E-state index >= 15 is 0 Å². The molecular formula is C36H36BrN9O7S. The Morgan fingerprint density at radius 3 is 2.65 bits per heavy atom. The van der Waals surface area contributed by atoms with E-state index in [0.29, 0.717) is 70.8 Å². The molecule has 18 heteroatoms. The number of piperidine rings is 2. The summed E-state index contributed by atoms with van der Waals surface area (Å²) >= 11 is 5.11. The number of benzene rings is 2. The molecule has 0 bridgehead atoms. The summed E-state index contributed by atoms with van der Waals surface area (Å²) < 4.78 is 14.0. The Bertz CT molecular complexity index is 2210. The highest BCUT2D eigenvalue weighted by Crippen LogP contribution is 2.43. The van der Waals surface area contributed by atoms with Crippen LogP contribution in [0.15, 0.2) is 51.2 Å². The maximum absolute atomic E-state index is 13.2. The summed E-state index contributed by atoms with van der Waals surface area (Å²) in [5, 5.41) is 5.89. The van der Waals surface area contributed by atoms with Crippen molar-refractivity contribution in [2.75, 3.05) is 30.9 Å². The highest BCUT2D eigenvalue weighted by Gasteiger charge is 2.40. The van der Waals surface area contributed by atoms with Gasteiger partial charge in [0.1, 0.15) is 12.4 Å². The minimum atomic E-state index is -0.751. The summed E-state index contributed by atoms with van der Waals surface area (Å²) in [5.41, 5.74) is 8.87. The summed E-state index contributed by atoms with van der Waals surface area (Å²) in [6, 6.07) is 8.08. The van der Waals surface area contributed by atoms with Gasteiger partial charge in [0, 0.05) is 71.6 Å². The number of aryl methyl sites for hydroxylation is 1. The Morgan fingerprint density at radius 2 is 1.85 bits per heavy atom. The number of hydrogen-bond acceptors (Lipinski definition) is 12. The number of imide groups is 1. The first kappa shape index (κ1) is 35.8. The molecule has 4 aliphatic rings. The number of amides is 5. The summed E-state index contributed by atoms with van der Waals surface area (Å²) in [6.45, 7) is 2.16. The van der Waals surface area contributed by atoms with Crippen molar-refractivity contribution in [1.29, 1.82) is 0 Å². The number of imidazole rings is 1. The van der Waals surface area contributed by atoms with Crippen molar-refractivity contribution in [2.24, 2.45) is 5.92 Å². The van der Waals surface area contributed by atoms with Gasteiger partial charge < -0.3 is 34.9 Å². The molecule has 0 radical (unpaired) electrons. The van der Waals surface area contributed by atoms with Gasteiger partial charge in [-0.15, -0.1) is 0 Å². The minimum Gasteiger partial charge on any atom is -0.454 e. The van der Waals surface area contributed by atoms with E-state index in [2.05, 4.69) is 41.1 Å². The van der Waals surface area contributed by atoms with E-state index in [0.717, 1.165) is 33.8 Å². The predicted molar refractivity (Wildman–Crippen MR) is 198 cm³/mol. The maximum atomic E-state index is 13.2. The Hall–Kier alpha value is -5.23. The average Bonchev–Trinajstić information content (AvgIpc) is 3.86. The SMILES string of the molecule is Nc1ncnc2c1nc(Sc1cc3c(cc1Br)OCO3)n2CCC1CCN(C(=O)CCC(=O)Nc2cccc3c2CN(C2CCC(=O)NC2=O)C3=O)CC1. The van der Waals surface area contributed by atoms with Crippen LogP contribution in [0.4, 0.5) is 11.5 Å². The molecule has 1 atom stereocenters. The second kappa shape index (κ2) is 14.9. The molecule has 2 fully saturated rings. The van der Waals surface area contributed by atoms with Crippen LogP contribution in [0, 0.1) is 5.92 Å². The smallest absolute Gasteiger partial charge is 0.255 e. The molecule has 2 aromatic heterocycles. The zero-order valence-electron chi connectivity index (χ0n) is 29.0. The third-order valence-electron chi connectivity index (χ3n) is 10.3. The van der Waals surface area contributed by atoms with Crippen molar-refractivity contribution in [3.63, 3.8) is 0 Å². The van der Waals surface area contributed by atoms with Crippen LogP contribution in [-0.2, 0) is 32.3 Å². The lowest BCUT2D eigenvalue weighted by Gasteiger charge is -2.32. The molecule has 0 saturated carbocycles. The van der Waals surface area contributed by atoms with E-state index in [1.807, 2.05) is 17.0 Å². The Labute approximate surface area is 321 Å². The third kappa shape index (κ3) is 7.06. The van der Waals surface area contributed by atoms with Crippen LogP contribution in [0.1, 0.15) is 60.9 Å². The largest absolute Gasteiger partial charge is 0.454 e. The van der Waals surface area contributed by atoms with Crippen LogP contribution in [-0.4, -0.2) is 84.8 Å². The number of fused-ring (bicyclic) bond motifs is 3. The summed E-state index contributed by atoms with van der Waals surface area (Å²) in [5.74, 6) is 0.435. The summed E-state index contributed by atoms with van der Waals surface area (Å²) in [4.78, 5) is 81.0. The van der Waals surface area contributed by atoms with Gasteiger partial charge in [0.2, 0.25) is 30.4 Å². The van der Waals surface area contributed by atoms with Gasteiger partial charge in [0.25, 0.3) is 5.91 Å². The van der Waals surface area contributed by atoms with E-state index in [-0.39, 0.29) is 62.6 Å². The van der Waals surface area contributed by atoms with Crippen LogP contribution in [0.2, 0.25) is 0 Å². The first-order valence-corrected chi connectivity index (χ1v) is 19.3. The van der Waals surface area contributed by atoms with Crippen LogP contribution < -0.4 is 25.8 Å². The van der Waals surface area contributed by atoms with Crippen LogP contribution in [0.25, 0.3) is 11.2 Å². The number of aromatic nitrogens is 4. The van der Waals surface area contributed by atoms with E-state index < -0.39 is 11.9 Å². The molecule has 0 spiro atoms. The normalized spacial score (nSPS) is 18.3. The van der Waals surface area contributed by atoms with Crippen molar-refractivity contribution in [1.82, 2.24) is 34.6 Å². The second-order valence-corrected chi connectivity index (χ2v) is 15.5. The Morgan fingerprint density at radius 1 is 1.06 bits per heavy atom. The topological polar surface area (TPSA) is 204 Å². The van der Waals surface area contributed by atoms with Crippen molar-refractivity contribution in [3.8, 4) is 11.5 Å². The molecule has 5 amide bonds. The molecule has 4 aliphatic heterocycles. The van der Waals surface area contributed by atoms with Gasteiger partial charge in [0.15, 0.2) is 33.6 Å². The number of halogens is 1. The molecule has 54 heavy (non-hydrogen) atoms. The fourth-order valence-electron chi connectivity index (χ4n) is 7.37. The van der Waals surface area contributed by atoms with Crippen LogP contribution in [0.3, 0.4) is 0 Å². The van der Waals surface area contributed by atoms with Gasteiger partial charge in [-0.25, -0.2) is 15.0 Å². The number of likely N-dealkylation sites (tertiary alicyclic amines) is 1. The Kier molecular flexibility index (Phi) is 9.87. The minimum absolute atomic E-state index is 0.00808. The Balaban J connectivity index is 0.838. The van der Waals surface area contributed by atoms with E-state index in [1.54, 1.807) is 18.2 Å². The van der Waals surface area contributed by atoms with Gasteiger partial charge in [-0.05, 0) is 71.8 Å². The fraction of sp³-hybridized carbons (Fsp3) is 0.389. The molecule has 2 aromatic carbocycles. The fourth-order valence-corrected chi connectivity index (χ4v) is 8.87. The van der Waals surface area contributed by atoms with Crippen molar-refractivity contribution < 1.29 is 33.4 Å². The molecule has 4 N–H and O–H groups in total. The second-order valence-electron chi connectivity index (χ2n) is 13.6. The summed E-state index contributed by atoms with van der Waals surface area (Å²) in [6.07, 6.45) is 4.40. The maximum Gasteiger partial charge on any atom is 0.255 e. The number of hydrogen-bond donors (Lipinski definition) is 3. The highest BCUT2D eigenvalue weighted by molar-refractivity contribution is 9.10. The number of nitrogen functional groups attached to an aromatic ring is 1. The van der Waals surface area contributed by atoms with E-state index in [4.69, 9.17) is 20.2 Å². The zero-order chi connectivity index (χ0) is 37.5. The molecule has 0 aliphatic carbocycles. The van der Waals surface area contributed by atoms with E-state index in [9.17, 15) is 24.0 Å². The predicted octanol–water partition coefficient (Wildman–Crippen LogP) is 3.86. The number of rotatable bonds is 10. The van der Waals surface area contributed by atoms with E-state index in [1.165, 1.54) is 23.0 Å². The number of nitrogens with two attached hydrogens (primary N) is 1. The lowest BCUT2D eigenvalue weighted by Crippen LogP contribution is -2.52. The summed E-state index contributed by atoms with van der Waals surface area (Å²) in [7, 11) is 0. The zero-order valence-corrected chi connectivity index (χ0v) is 31.4. The first-order chi connectivity index (χ1) is 26.1. The lowest BCUT2D eigenvalue weighted by molar-refractivity contribution is -0.137. The molecule has 8 rings (SSSR count). The van der Waals surface area contributed by atoms with Gasteiger partial charge in [0.05, 0.1) is 0 Å². The van der Waals surface area contributed by atoms with Crippen molar-refractivity contribution in [3.05, 3.63) is 52.3 Å². The quantitative estimate of drug-likeness (QED) is 0.195. The molecule has 280 valence electrons. The molecule has 6 heterocycles. The number of nitrogens with zero attached hydrogens (tertiary/aromatic N) is 6. The number of anilines is 2. The van der Waals surface area contributed by atoms with Gasteiger partial charge >= 0.3 is 0 Å². The number of carbonyl (C=O) groups excluding carboxylic acids is 5. The lowest BCUT2D eigenvalue weighted by atomic mass is 9.93.